The van der Waals surface area contributed by atoms with Crippen LogP contribution in [0.25, 0.3) is 16.9 Å². The van der Waals surface area contributed by atoms with Crippen molar-refractivity contribution in [3.63, 3.8) is 0 Å². The Bertz CT molecular complexity index is 1030. The van der Waals surface area contributed by atoms with Gasteiger partial charge in [-0.15, -0.1) is 0 Å². The molecule has 0 aromatic carbocycles. The highest BCUT2D eigenvalue weighted by Gasteiger charge is 2.32. The number of alkyl halides is 3. The molecule has 0 fully saturated rings. The summed E-state index contributed by atoms with van der Waals surface area (Å²) < 4.78 is 63.5. The zero-order valence-electron chi connectivity index (χ0n) is 13.5. The van der Waals surface area contributed by atoms with Crippen molar-refractivity contribution in [2.45, 2.75) is 18.0 Å². The number of nitrogens with zero attached hydrogens (tertiary/aromatic N) is 4. The van der Waals surface area contributed by atoms with E-state index in [0.717, 1.165) is 12.3 Å². The Labute approximate surface area is 147 Å². The molecule has 0 bridgehead atoms. The zero-order chi connectivity index (χ0) is 18.9. The van der Waals surface area contributed by atoms with E-state index in [1.54, 1.807) is 0 Å². The normalized spacial score (nSPS) is 12.3. The van der Waals surface area contributed by atoms with Crippen molar-refractivity contribution in [3.05, 3.63) is 54.7 Å². The van der Waals surface area contributed by atoms with Gasteiger partial charge in [-0.05, 0) is 18.2 Å². The smallest absolute Gasteiger partial charge is 0.251 e. The minimum absolute atomic E-state index is 0.0303. The molecule has 3 heterocycles. The molecule has 26 heavy (non-hydrogen) atoms. The molecule has 136 valence electrons. The van der Waals surface area contributed by atoms with Crippen LogP contribution >= 0.6 is 0 Å². The van der Waals surface area contributed by atoms with E-state index in [1.807, 2.05) is 0 Å². The third-order valence-electron chi connectivity index (χ3n) is 3.65. The fourth-order valence-electron chi connectivity index (χ4n) is 2.27. The predicted molar refractivity (Wildman–Crippen MR) is 87.3 cm³/mol. The highest BCUT2D eigenvalue weighted by Crippen LogP contribution is 2.29. The van der Waals surface area contributed by atoms with E-state index in [4.69, 9.17) is 0 Å². The van der Waals surface area contributed by atoms with Crippen LogP contribution in [-0.4, -0.2) is 33.9 Å². The molecule has 3 rings (SSSR count). The number of hydrogen-bond donors (Lipinski definition) is 0. The van der Waals surface area contributed by atoms with Gasteiger partial charge in [0.25, 0.3) is 0 Å². The van der Waals surface area contributed by atoms with E-state index in [1.165, 1.54) is 48.4 Å². The molecule has 0 saturated carbocycles. The van der Waals surface area contributed by atoms with Gasteiger partial charge in [0.15, 0.2) is 15.7 Å². The first-order valence-electron chi connectivity index (χ1n) is 7.49. The molecule has 10 heteroatoms. The molecule has 0 aliphatic rings. The maximum Gasteiger partial charge on any atom is 0.433 e. The van der Waals surface area contributed by atoms with Gasteiger partial charge in [-0.2, -0.15) is 18.3 Å². The summed E-state index contributed by atoms with van der Waals surface area (Å²) in [6, 6.07) is 5.10. The second-order valence-electron chi connectivity index (χ2n) is 5.33. The summed E-state index contributed by atoms with van der Waals surface area (Å²) in [5.41, 5.74) is -0.0912. The van der Waals surface area contributed by atoms with Crippen molar-refractivity contribution in [1.29, 1.82) is 0 Å². The van der Waals surface area contributed by atoms with E-state index in [2.05, 4.69) is 15.1 Å². The van der Waals surface area contributed by atoms with Crippen molar-refractivity contribution in [2.24, 2.45) is 0 Å². The SMILES string of the molecule is CCS(=O)(=O)c1cccnc1-n1cc(-c2ccc(C(F)(F)F)nc2)cn1. The van der Waals surface area contributed by atoms with Crippen LogP contribution in [0.4, 0.5) is 13.2 Å². The molecule has 0 atom stereocenters. The second kappa shape index (κ2) is 6.52. The Kier molecular flexibility index (Phi) is 4.53. The van der Waals surface area contributed by atoms with Gasteiger partial charge >= 0.3 is 6.18 Å². The van der Waals surface area contributed by atoms with E-state index in [-0.39, 0.29) is 16.5 Å². The summed E-state index contributed by atoms with van der Waals surface area (Å²) in [5, 5.41) is 4.08. The molecule has 0 N–H and O–H groups in total. The fraction of sp³-hybridized carbons (Fsp3) is 0.188. The van der Waals surface area contributed by atoms with E-state index in [9.17, 15) is 21.6 Å². The first-order chi connectivity index (χ1) is 12.2. The van der Waals surface area contributed by atoms with E-state index < -0.39 is 21.7 Å². The Hall–Kier alpha value is -2.75. The van der Waals surface area contributed by atoms with Crippen molar-refractivity contribution < 1.29 is 21.6 Å². The highest BCUT2D eigenvalue weighted by molar-refractivity contribution is 7.91. The van der Waals surface area contributed by atoms with Crippen LogP contribution in [0.2, 0.25) is 0 Å². The lowest BCUT2D eigenvalue weighted by molar-refractivity contribution is -0.141. The largest absolute Gasteiger partial charge is 0.433 e. The summed E-state index contributed by atoms with van der Waals surface area (Å²) in [6.07, 6.45) is 0.903. The minimum Gasteiger partial charge on any atom is -0.251 e. The van der Waals surface area contributed by atoms with Gasteiger partial charge in [0.2, 0.25) is 0 Å². The fourth-order valence-corrected chi connectivity index (χ4v) is 3.29. The van der Waals surface area contributed by atoms with Gasteiger partial charge in [-0.25, -0.2) is 18.1 Å². The maximum absolute atomic E-state index is 12.6. The lowest BCUT2D eigenvalue weighted by Gasteiger charge is -2.07. The van der Waals surface area contributed by atoms with Crippen LogP contribution in [0.5, 0.6) is 0 Å². The number of sulfone groups is 1. The predicted octanol–water partition coefficient (Wildman–Crippen LogP) is 3.14. The number of pyridine rings is 2. The maximum atomic E-state index is 12.6. The summed E-state index contributed by atoms with van der Waals surface area (Å²) in [4.78, 5) is 7.51. The quantitative estimate of drug-likeness (QED) is 0.693. The Morgan fingerprint density at radius 1 is 1.08 bits per heavy atom. The average Bonchev–Trinajstić information content (AvgIpc) is 3.11. The standard InChI is InChI=1S/C16H13F3N4O2S/c1-2-26(24,25)13-4-3-7-20-15(13)23-10-12(9-22-23)11-5-6-14(21-8-11)16(17,18)19/h3-10H,2H2,1H3. The second-order valence-corrected chi connectivity index (χ2v) is 7.58. The Morgan fingerprint density at radius 3 is 2.46 bits per heavy atom. The van der Waals surface area contributed by atoms with Crippen molar-refractivity contribution >= 4 is 9.84 Å². The molecule has 0 radical (unpaired) electrons. The van der Waals surface area contributed by atoms with Crippen LogP contribution < -0.4 is 0 Å². The van der Waals surface area contributed by atoms with Crippen molar-refractivity contribution in [2.75, 3.05) is 5.75 Å². The lowest BCUT2D eigenvalue weighted by Crippen LogP contribution is -2.10. The monoisotopic (exact) mass is 382 g/mol. The van der Waals surface area contributed by atoms with Gasteiger partial charge in [0.1, 0.15) is 10.6 Å². The molecule has 0 saturated heterocycles. The molecule has 3 aromatic rings. The van der Waals surface area contributed by atoms with Gasteiger partial charge in [-0.1, -0.05) is 13.0 Å². The average molecular weight is 382 g/mol. The third-order valence-corrected chi connectivity index (χ3v) is 5.40. The summed E-state index contributed by atoms with van der Waals surface area (Å²) in [5.74, 6) is 0.0308. The lowest BCUT2D eigenvalue weighted by atomic mass is 10.1. The van der Waals surface area contributed by atoms with Gasteiger partial charge < -0.3 is 0 Å². The number of hydrogen-bond acceptors (Lipinski definition) is 5. The molecule has 6 nitrogen and oxygen atoms in total. The van der Waals surface area contributed by atoms with Crippen LogP contribution in [0.1, 0.15) is 12.6 Å². The minimum atomic E-state index is -4.51. The van der Waals surface area contributed by atoms with Crippen LogP contribution in [0.3, 0.4) is 0 Å². The highest BCUT2D eigenvalue weighted by atomic mass is 32.2. The summed E-state index contributed by atoms with van der Waals surface area (Å²) in [6.45, 7) is 1.52. The molecule has 0 aliphatic heterocycles. The number of aromatic nitrogens is 4. The third kappa shape index (κ3) is 3.45. The first kappa shape index (κ1) is 18.1. The summed E-state index contributed by atoms with van der Waals surface area (Å²) in [7, 11) is -3.52. The van der Waals surface area contributed by atoms with Crippen LogP contribution in [-0.2, 0) is 16.0 Å². The van der Waals surface area contributed by atoms with Crippen LogP contribution in [0.15, 0.2) is 53.9 Å². The van der Waals surface area contributed by atoms with Gasteiger partial charge in [0, 0.05) is 29.7 Å². The summed E-state index contributed by atoms with van der Waals surface area (Å²) >= 11 is 0. The van der Waals surface area contributed by atoms with E-state index in [0.29, 0.717) is 11.1 Å². The molecule has 0 amide bonds. The van der Waals surface area contributed by atoms with Gasteiger partial charge in [-0.3, -0.25) is 4.98 Å². The van der Waals surface area contributed by atoms with Crippen molar-refractivity contribution in [3.8, 4) is 16.9 Å². The van der Waals surface area contributed by atoms with Crippen molar-refractivity contribution in [1.82, 2.24) is 19.7 Å². The Morgan fingerprint density at radius 2 is 1.85 bits per heavy atom. The molecule has 0 aliphatic carbocycles. The first-order valence-corrected chi connectivity index (χ1v) is 9.14. The molecule has 0 unspecified atom stereocenters. The molecule has 0 spiro atoms. The molecule has 3 aromatic heterocycles. The zero-order valence-corrected chi connectivity index (χ0v) is 14.3. The molecular weight excluding hydrogens is 369 g/mol. The van der Waals surface area contributed by atoms with Gasteiger partial charge in [0.05, 0.1) is 11.9 Å². The number of halogens is 3. The topological polar surface area (TPSA) is 77.7 Å². The van der Waals surface area contributed by atoms with E-state index >= 15 is 0 Å². The Balaban J connectivity index is 2.00. The molecular formula is C16H13F3N4O2S. The number of rotatable bonds is 4. The van der Waals surface area contributed by atoms with Crippen LogP contribution in [0, 0.1) is 0 Å².